The summed E-state index contributed by atoms with van der Waals surface area (Å²) in [6.45, 7) is 0. The molecule has 0 aliphatic carbocycles. The van der Waals surface area contributed by atoms with E-state index in [1.54, 1.807) is 18.2 Å². The maximum Gasteiger partial charge on any atom is 0.184 e. The van der Waals surface area contributed by atoms with E-state index in [0.29, 0.717) is 11.6 Å². The summed E-state index contributed by atoms with van der Waals surface area (Å²) in [5.74, 6) is 0.357. The van der Waals surface area contributed by atoms with Gasteiger partial charge in [-0.15, -0.1) is 11.6 Å². The molecule has 0 aromatic heterocycles. The predicted molar refractivity (Wildman–Crippen MR) is 67.5 cm³/mol. The van der Waals surface area contributed by atoms with E-state index >= 15 is 0 Å². The van der Waals surface area contributed by atoms with E-state index in [1.807, 2.05) is 12.1 Å². The van der Waals surface area contributed by atoms with Gasteiger partial charge < -0.3 is 4.74 Å². The van der Waals surface area contributed by atoms with Crippen LogP contribution in [0, 0.1) is 5.82 Å². The molecule has 0 spiro atoms. The summed E-state index contributed by atoms with van der Waals surface area (Å²) >= 11 is 11.4. The van der Waals surface area contributed by atoms with Gasteiger partial charge in [0.2, 0.25) is 0 Å². The number of rotatable bonds is 3. The molecule has 0 bridgehead atoms. The molecule has 2 aromatic carbocycles. The fraction of sp³-hybridized carbons (Fsp3) is 0.0769. The van der Waals surface area contributed by atoms with Crippen LogP contribution in [-0.2, 0) is 5.88 Å². The third kappa shape index (κ3) is 2.71. The molecule has 0 saturated carbocycles. The Morgan fingerprint density at radius 1 is 1.00 bits per heavy atom. The second-order valence-corrected chi connectivity index (χ2v) is 4.07. The summed E-state index contributed by atoms with van der Waals surface area (Å²) in [6.07, 6.45) is 0. The van der Waals surface area contributed by atoms with E-state index in [4.69, 9.17) is 27.9 Å². The van der Waals surface area contributed by atoms with Gasteiger partial charge in [0.15, 0.2) is 11.6 Å². The lowest BCUT2D eigenvalue weighted by Crippen LogP contribution is -1.92. The smallest absolute Gasteiger partial charge is 0.184 e. The van der Waals surface area contributed by atoms with E-state index in [9.17, 15) is 4.39 Å². The average molecular weight is 271 g/mol. The number of hydrogen-bond acceptors (Lipinski definition) is 1. The third-order valence-electron chi connectivity index (χ3n) is 2.25. The van der Waals surface area contributed by atoms with Gasteiger partial charge in [-0.2, -0.15) is 0 Å². The molecule has 0 aliphatic heterocycles. The van der Waals surface area contributed by atoms with Crippen LogP contribution in [0.3, 0.4) is 0 Å². The van der Waals surface area contributed by atoms with E-state index in [2.05, 4.69) is 0 Å². The molecular formula is C13H9Cl2FO. The van der Waals surface area contributed by atoms with Crippen LogP contribution < -0.4 is 4.74 Å². The van der Waals surface area contributed by atoms with Gasteiger partial charge in [0, 0.05) is 5.56 Å². The number of alkyl halides is 1. The van der Waals surface area contributed by atoms with Crippen molar-refractivity contribution in [3.8, 4) is 11.5 Å². The fourth-order valence-corrected chi connectivity index (χ4v) is 1.78. The summed E-state index contributed by atoms with van der Waals surface area (Å²) in [4.78, 5) is 0. The zero-order chi connectivity index (χ0) is 12.3. The summed E-state index contributed by atoms with van der Waals surface area (Å²) < 4.78 is 19.1. The van der Waals surface area contributed by atoms with Crippen molar-refractivity contribution in [1.29, 1.82) is 0 Å². The zero-order valence-electron chi connectivity index (χ0n) is 8.79. The minimum absolute atomic E-state index is 0.0332. The molecule has 1 nitrogen and oxygen atoms in total. The summed E-state index contributed by atoms with van der Waals surface area (Å²) in [5, 5.41) is 0.0332. The Labute approximate surface area is 109 Å². The summed E-state index contributed by atoms with van der Waals surface area (Å²) in [6, 6.07) is 11.8. The number of halogens is 3. The lowest BCUT2D eigenvalue weighted by Gasteiger charge is -2.10. The number of benzene rings is 2. The molecule has 17 heavy (non-hydrogen) atoms. The van der Waals surface area contributed by atoms with Gasteiger partial charge in [-0.25, -0.2) is 4.39 Å². The molecular weight excluding hydrogens is 262 g/mol. The largest absolute Gasteiger partial charge is 0.454 e. The summed E-state index contributed by atoms with van der Waals surface area (Å²) in [5.41, 5.74) is 0.800. The highest BCUT2D eigenvalue weighted by molar-refractivity contribution is 6.30. The van der Waals surface area contributed by atoms with Crippen LogP contribution in [0.15, 0.2) is 42.5 Å². The lowest BCUT2D eigenvalue weighted by molar-refractivity contribution is 0.439. The van der Waals surface area contributed by atoms with Gasteiger partial charge >= 0.3 is 0 Å². The molecule has 0 saturated heterocycles. The quantitative estimate of drug-likeness (QED) is 0.713. The van der Waals surface area contributed by atoms with Gasteiger partial charge in [-0.3, -0.25) is 0 Å². The van der Waals surface area contributed by atoms with Crippen molar-refractivity contribution in [1.82, 2.24) is 0 Å². The van der Waals surface area contributed by atoms with Gasteiger partial charge in [-0.05, 0) is 18.2 Å². The van der Waals surface area contributed by atoms with Crippen LogP contribution >= 0.6 is 23.2 Å². The SMILES string of the molecule is Fc1c(Cl)cccc1Oc1ccccc1CCl. The van der Waals surface area contributed by atoms with Crippen molar-refractivity contribution in [2.24, 2.45) is 0 Å². The third-order valence-corrected chi connectivity index (χ3v) is 2.83. The van der Waals surface area contributed by atoms with Crippen LogP contribution in [0.4, 0.5) is 4.39 Å². The Balaban J connectivity index is 2.35. The molecule has 0 N–H and O–H groups in total. The summed E-state index contributed by atoms with van der Waals surface area (Å²) in [7, 11) is 0. The molecule has 0 radical (unpaired) electrons. The first kappa shape index (κ1) is 12.2. The molecule has 0 amide bonds. The van der Waals surface area contributed by atoms with Crippen molar-refractivity contribution in [2.75, 3.05) is 0 Å². The van der Waals surface area contributed by atoms with Crippen molar-refractivity contribution >= 4 is 23.2 Å². The highest BCUT2D eigenvalue weighted by Crippen LogP contribution is 2.31. The van der Waals surface area contributed by atoms with Crippen LogP contribution in [0.25, 0.3) is 0 Å². The minimum Gasteiger partial charge on any atom is -0.454 e. The lowest BCUT2D eigenvalue weighted by atomic mass is 10.2. The molecule has 0 fully saturated rings. The first-order valence-corrected chi connectivity index (χ1v) is 5.89. The molecule has 0 aliphatic rings. The first-order chi connectivity index (χ1) is 8.22. The van der Waals surface area contributed by atoms with Gasteiger partial charge in [0.1, 0.15) is 5.75 Å². The standard InChI is InChI=1S/C13H9Cl2FO/c14-8-9-4-1-2-6-11(9)17-12-7-3-5-10(15)13(12)16/h1-7H,8H2. The van der Waals surface area contributed by atoms with Crippen molar-refractivity contribution in [3.05, 3.63) is 58.9 Å². The first-order valence-electron chi connectivity index (χ1n) is 4.98. The normalized spacial score (nSPS) is 10.3. The Kier molecular flexibility index (Phi) is 3.87. The van der Waals surface area contributed by atoms with Crippen LogP contribution in [0.1, 0.15) is 5.56 Å². The Bertz CT molecular complexity index is 529. The van der Waals surface area contributed by atoms with Crippen molar-refractivity contribution in [3.63, 3.8) is 0 Å². The second kappa shape index (κ2) is 5.39. The van der Waals surface area contributed by atoms with Crippen molar-refractivity contribution < 1.29 is 9.13 Å². The maximum absolute atomic E-state index is 13.6. The Morgan fingerprint density at radius 2 is 1.71 bits per heavy atom. The highest BCUT2D eigenvalue weighted by Gasteiger charge is 2.10. The van der Waals surface area contributed by atoms with Gasteiger partial charge in [-0.1, -0.05) is 35.9 Å². The van der Waals surface area contributed by atoms with Gasteiger partial charge in [0.25, 0.3) is 0 Å². The second-order valence-electron chi connectivity index (χ2n) is 3.40. The Hall–Kier alpha value is -1.25. The topological polar surface area (TPSA) is 9.23 Å². The number of ether oxygens (including phenoxy) is 1. The minimum atomic E-state index is -0.571. The van der Waals surface area contributed by atoms with E-state index in [-0.39, 0.29) is 10.8 Å². The van der Waals surface area contributed by atoms with Crippen LogP contribution in [-0.4, -0.2) is 0 Å². The highest BCUT2D eigenvalue weighted by atomic mass is 35.5. The predicted octanol–water partition coefficient (Wildman–Crippen LogP) is 5.01. The monoisotopic (exact) mass is 270 g/mol. The van der Waals surface area contributed by atoms with E-state index in [0.717, 1.165) is 5.56 Å². The van der Waals surface area contributed by atoms with E-state index < -0.39 is 5.82 Å². The molecule has 2 aromatic rings. The molecule has 0 atom stereocenters. The van der Waals surface area contributed by atoms with Crippen molar-refractivity contribution in [2.45, 2.75) is 5.88 Å². The molecule has 88 valence electrons. The number of hydrogen-bond donors (Lipinski definition) is 0. The molecule has 4 heteroatoms. The van der Waals surface area contributed by atoms with Gasteiger partial charge in [0.05, 0.1) is 10.9 Å². The average Bonchev–Trinajstić information content (AvgIpc) is 2.35. The molecule has 0 heterocycles. The molecule has 2 rings (SSSR count). The van der Waals surface area contributed by atoms with Crippen LogP contribution in [0.2, 0.25) is 5.02 Å². The zero-order valence-corrected chi connectivity index (χ0v) is 10.3. The number of para-hydroxylation sites is 1. The fourth-order valence-electron chi connectivity index (χ4n) is 1.40. The van der Waals surface area contributed by atoms with Crippen LogP contribution in [0.5, 0.6) is 11.5 Å². The van der Waals surface area contributed by atoms with E-state index in [1.165, 1.54) is 12.1 Å². The Morgan fingerprint density at radius 3 is 2.47 bits per heavy atom. The maximum atomic E-state index is 13.6. The molecule has 0 unspecified atom stereocenters.